The van der Waals surface area contributed by atoms with Crippen molar-refractivity contribution in [1.29, 1.82) is 0 Å². The van der Waals surface area contributed by atoms with E-state index < -0.39 is 0 Å². The molecule has 0 fully saturated rings. The average Bonchev–Trinajstić information content (AvgIpc) is 3.80. The van der Waals surface area contributed by atoms with Crippen LogP contribution < -0.4 is 0 Å². The minimum absolute atomic E-state index is 0.118. The summed E-state index contributed by atoms with van der Waals surface area (Å²) < 4.78 is 4.80. The minimum atomic E-state index is 0.118. The van der Waals surface area contributed by atoms with Crippen LogP contribution in [0.4, 0.5) is 0 Å². The fourth-order valence-electron chi connectivity index (χ4n) is 8.70. The molecule has 3 aromatic heterocycles. The Morgan fingerprint density at radius 3 is 1.93 bits per heavy atom. The van der Waals surface area contributed by atoms with E-state index >= 15 is 0 Å². The fraction of sp³-hybridized carbons (Fsp3) is 0.0385. The molecule has 10 aromatic rings. The Morgan fingerprint density at radius 1 is 0.446 bits per heavy atom. The van der Waals surface area contributed by atoms with Crippen molar-refractivity contribution in [3.05, 3.63) is 206 Å². The number of hydrogen-bond donors (Lipinski definition) is 0. The molecule has 1 unspecified atom stereocenters. The molecular formula is C52H36N4. The summed E-state index contributed by atoms with van der Waals surface area (Å²) in [5.41, 5.74) is 13.4. The number of fused-ring (bicyclic) bond motifs is 6. The first-order valence-electron chi connectivity index (χ1n) is 19.3. The van der Waals surface area contributed by atoms with Gasteiger partial charge in [0, 0.05) is 44.3 Å². The van der Waals surface area contributed by atoms with Crippen LogP contribution in [0.2, 0.25) is 0 Å². The average molecular weight is 717 g/mol. The van der Waals surface area contributed by atoms with Crippen LogP contribution in [0, 0.1) is 0 Å². The topological polar surface area (TPSA) is 35.6 Å². The molecule has 1 aliphatic rings. The van der Waals surface area contributed by atoms with Crippen molar-refractivity contribution in [2.45, 2.75) is 12.3 Å². The lowest BCUT2D eigenvalue weighted by Gasteiger charge is -2.17. The van der Waals surface area contributed by atoms with Gasteiger partial charge in [0.15, 0.2) is 0 Å². The predicted molar refractivity (Wildman–Crippen MR) is 233 cm³/mol. The van der Waals surface area contributed by atoms with E-state index in [4.69, 9.17) is 9.97 Å². The van der Waals surface area contributed by atoms with Crippen molar-refractivity contribution < 1.29 is 0 Å². The molecule has 0 N–H and O–H groups in total. The Labute approximate surface area is 325 Å². The van der Waals surface area contributed by atoms with Gasteiger partial charge >= 0.3 is 0 Å². The number of hydrogen-bond acceptors (Lipinski definition) is 2. The van der Waals surface area contributed by atoms with Gasteiger partial charge in [-0.1, -0.05) is 146 Å². The van der Waals surface area contributed by atoms with Crippen molar-refractivity contribution in [3.8, 4) is 45.0 Å². The summed E-state index contributed by atoms with van der Waals surface area (Å²) in [6.45, 7) is 0. The van der Waals surface area contributed by atoms with E-state index in [-0.39, 0.29) is 5.92 Å². The molecule has 0 spiro atoms. The summed E-state index contributed by atoms with van der Waals surface area (Å²) >= 11 is 0. The molecular weight excluding hydrogens is 681 g/mol. The molecule has 4 nitrogen and oxygen atoms in total. The molecule has 0 saturated heterocycles. The van der Waals surface area contributed by atoms with Crippen LogP contribution in [0.3, 0.4) is 0 Å². The first-order valence-corrected chi connectivity index (χ1v) is 19.3. The quantitative estimate of drug-likeness (QED) is 0.172. The van der Waals surface area contributed by atoms with Crippen LogP contribution in [-0.4, -0.2) is 19.1 Å². The third-order valence-corrected chi connectivity index (χ3v) is 11.2. The molecule has 1 aliphatic carbocycles. The van der Waals surface area contributed by atoms with E-state index in [2.05, 4.69) is 203 Å². The number of aromatic nitrogens is 4. The Bertz CT molecular complexity index is 3170. The number of nitrogens with zero attached hydrogens (tertiary/aromatic N) is 4. The lowest BCUT2D eigenvalue weighted by atomic mass is 9.98. The highest BCUT2D eigenvalue weighted by Gasteiger charge is 2.21. The molecule has 1 atom stereocenters. The van der Waals surface area contributed by atoms with Crippen molar-refractivity contribution in [2.75, 3.05) is 0 Å². The Morgan fingerprint density at radius 2 is 1.11 bits per heavy atom. The van der Waals surface area contributed by atoms with Crippen LogP contribution in [-0.2, 0) is 0 Å². The first kappa shape index (κ1) is 32.2. The largest absolute Gasteiger partial charge is 0.309 e. The first-order chi connectivity index (χ1) is 27.8. The van der Waals surface area contributed by atoms with E-state index in [1.165, 1.54) is 43.7 Å². The molecule has 0 saturated carbocycles. The Balaban J connectivity index is 1.12. The second-order valence-electron chi connectivity index (χ2n) is 14.5. The molecule has 0 bridgehead atoms. The summed E-state index contributed by atoms with van der Waals surface area (Å²) in [5.74, 6) is 0.957. The smallest absolute Gasteiger partial charge is 0.136 e. The van der Waals surface area contributed by atoms with Gasteiger partial charge in [-0.3, -0.25) is 0 Å². The van der Waals surface area contributed by atoms with E-state index in [0.717, 1.165) is 57.2 Å². The van der Waals surface area contributed by atoms with Gasteiger partial charge < -0.3 is 9.13 Å². The predicted octanol–water partition coefficient (Wildman–Crippen LogP) is 13.3. The molecule has 0 radical (unpaired) electrons. The van der Waals surface area contributed by atoms with Crippen molar-refractivity contribution in [2.24, 2.45) is 0 Å². The highest BCUT2D eigenvalue weighted by atomic mass is 15.0. The number of para-hydroxylation sites is 4. The fourth-order valence-corrected chi connectivity index (χ4v) is 8.70. The van der Waals surface area contributed by atoms with E-state index in [0.29, 0.717) is 0 Å². The summed E-state index contributed by atoms with van der Waals surface area (Å²) in [6.07, 6.45) is 9.50. The highest BCUT2D eigenvalue weighted by molar-refractivity contribution is 6.17. The number of rotatable bonds is 6. The second-order valence-corrected chi connectivity index (χ2v) is 14.5. The highest BCUT2D eigenvalue weighted by Crippen LogP contribution is 2.42. The summed E-state index contributed by atoms with van der Waals surface area (Å²) in [4.78, 5) is 10.4. The summed E-state index contributed by atoms with van der Waals surface area (Å²) in [7, 11) is 0. The summed E-state index contributed by atoms with van der Waals surface area (Å²) in [5, 5.41) is 4.93. The second kappa shape index (κ2) is 13.2. The Hall–Kier alpha value is -7.30. The molecule has 0 aliphatic heterocycles. The monoisotopic (exact) mass is 716 g/mol. The van der Waals surface area contributed by atoms with Gasteiger partial charge in [-0.05, 0) is 72.1 Å². The van der Waals surface area contributed by atoms with Crippen LogP contribution in [0.15, 0.2) is 200 Å². The molecule has 3 heterocycles. The Kier molecular flexibility index (Phi) is 7.59. The van der Waals surface area contributed by atoms with Gasteiger partial charge in [-0.2, -0.15) is 0 Å². The summed E-state index contributed by atoms with van der Waals surface area (Å²) in [6, 6.07) is 63.2. The van der Waals surface area contributed by atoms with Gasteiger partial charge in [0.2, 0.25) is 0 Å². The molecule has 0 amide bonds. The molecule has 4 heteroatoms. The van der Waals surface area contributed by atoms with E-state index in [1.54, 1.807) is 0 Å². The molecule has 11 rings (SSSR count). The molecule has 7 aromatic carbocycles. The zero-order valence-corrected chi connectivity index (χ0v) is 30.6. The lowest BCUT2D eigenvalue weighted by molar-refractivity contribution is 0.775. The minimum Gasteiger partial charge on any atom is -0.309 e. The maximum absolute atomic E-state index is 5.30. The third kappa shape index (κ3) is 5.22. The maximum Gasteiger partial charge on any atom is 0.136 e. The van der Waals surface area contributed by atoms with Crippen molar-refractivity contribution >= 4 is 43.6 Å². The number of allylic oxidation sites excluding steroid dienone is 4. The van der Waals surface area contributed by atoms with Crippen LogP contribution in [0.5, 0.6) is 0 Å². The van der Waals surface area contributed by atoms with E-state index in [1.807, 2.05) is 6.07 Å². The van der Waals surface area contributed by atoms with Crippen LogP contribution in [0.25, 0.3) is 88.6 Å². The van der Waals surface area contributed by atoms with Gasteiger partial charge in [-0.15, -0.1) is 0 Å². The molecule has 56 heavy (non-hydrogen) atoms. The van der Waals surface area contributed by atoms with E-state index in [9.17, 15) is 0 Å². The zero-order chi connectivity index (χ0) is 37.0. The lowest BCUT2D eigenvalue weighted by Crippen LogP contribution is -2.06. The maximum atomic E-state index is 5.30. The normalized spacial score (nSPS) is 14.0. The van der Waals surface area contributed by atoms with Gasteiger partial charge in [0.25, 0.3) is 0 Å². The molecule has 264 valence electrons. The van der Waals surface area contributed by atoms with Crippen LogP contribution in [0.1, 0.15) is 18.2 Å². The van der Waals surface area contributed by atoms with Crippen LogP contribution >= 0.6 is 0 Å². The van der Waals surface area contributed by atoms with Gasteiger partial charge in [0.1, 0.15) is 5.82 Å². The van der Waals surface area contributed by atoms with Gasteiger partial charge in [0.05, 0.1) is 39.1 Å². The third-order valence-electron chi connectivity index (χ3n) is 11.2. The van der Waals surface area contributed by atoms with Crippen molar-refractivity contribution in [1.82, 2.24) is 19.1 Å². The SMILES string of the molecule is C1=CCC(c2nc(-c3ccccc3)cc(-c3ccccc3-n3c4ccccc4c4cc(-c5cccc6c5c5ccccc5n6-c5ccccc5)ccc43)n2)C=C1. The van der Waals surface area contributed by atoms with Crippen molar-refractivity contribution in [3.63, 3.8) is 0 Å². The zero-order valence-electron chi connectivity index (χ0n) is 30.6. The van der Waals surface area contributed by atoms with Gasteiger partial charge in [-0.25, -0.2) is 9.97 Å². The standard InChI is InChI=1S/C52H36N4/c1-4-17-35(18-5-1)44-34-45(54-52(53-44)36-19-6-2-7-20-36)41-24-11-14-28-47(41)56-46-27-13-10-23-40(46)43-33-37(31-32-49(43)56)39-26-16-30-50-51(39)42-25-12-15-29-48(42)55(50)38-21-8-3-9-22-38/h1-19,21-34,36H,20H2. The number of benzene rings is 7.